The standard InChI is InChI=1S/C17H13Cl2F2NO4/c1-9(26-15-5-2-10(18)6-12(15)19)17(24)25-8-16(23)22-11-3-4-13(20)14(21)7-11/h2-7,9H,8H2,1H3,(H,22,23)/t9-/m1/s1. The fraction of sp³-hybridized carbons (Fsp3) is 0.176. The Morgan fingerprint density at radius 2 is 1.85 bits per heavy atom. The average molecular weight is 404 g/mol. The van der Waals surface area contributed by atoms with Crippen molar-refractivity contribution in [2.45, 2.75) is 13.0 Å². The van der Waals surface area contributed by atoms with Crippen LogP contribution in [-0.2, 0) is 14.3 Å². The van der Waals surface area contributed by atoms with Gasteiger partial charge in [-0.25, -0.2) is 13.6 Å². The van der Waals surface area contributed by atoms with E-state index in [9.17, 15) is 18.4 Å². The summed E-state index contributed by atoms with van der Waals surface area (Å²) >= 11 is 11.7. The maximum absolute atomic E-state index is 13.1. The monoisotopic (exact) mass is 403 g/mol. The fourth-order valence-electron chi connectivity index (χ4n) is 1.83. The molecule has 0 aliphatic rings. The quantitative estimate of drug-likeness (QED) is 0.733. The number of amides is 1. The minimum Gasteiger partial charge on any atom is -0.477 e. The third-order valence-electron chi connectivity index (χ3n) is 3.08. The van der Waals surface area contributed by atoms with Gasteiger partial charge >= 0.3 is 5.97 Å². The average Bonchev–Trinajstić information content (AvgIpc) is 2.58. The Morgan fingerprint density at radius 1 is 1.12 bits per heavy atom. The predicted octanol–water partition coefficient (Wildman–Crippen LogP) is 4.22. The van der Waals surface area contributed by atoms with Gasteiger partial charge in [0.1, 0.15) is 5.75 Å². The second-order valence-electron chi connectivity index (χ2n) is 5.12. The van der Waals surface area contributed by atoms with Gasteiger partial charge in [-0.2, -0.15) is 0 Å². The Balaban J connectivity index is 1.84. The second kappa shape index (κ2) is 8.82. The van der Waals surface area contributed by atoms with Crippen molar-refractivity contribution >= 4 is 40.8 Å². The van der Waals surface area contributed by atoms with Gasteiger partial charge < -0.3 is 14.8 Å². The van der Waals surface area contributed by atoms with E-state index < -0.39 is 36.2 Å². The van der Waals surface area contributed by atoms with E-state index in [2.05, 4.69) is 5.32 Å². The normalized spacial score (nSPS) is 11.6. The lowest BCUT2D eigenvalue weighted by Crippen LogP contribution is -2.29. The summed E-state index contributed by atoms with van der Waals surface area (Å²) in [6, 6.07) is 7.32. The first-order valence-corrected chi connectivity index (χ1v) is 8.05. The number of halogens is 4. The third kappa shape index (κ3) is 5.57. The van der Waals surface area contributed by atoms with Gasteiger partial charge in [-0.1, -0.05) is 23.2 Å². The molecule has 0 aliphatic carbocycles. The molecule has 0 fully saturated rings. The van der Waals surface area contributed by atoms with Crippen molar-refractivity contribution in [3.05, 3.63) is 58.1 Å². The Bertz CT molecular complexity index is 832. The summed E-state index contributed by atoms with van der Waals surface area (Å²) in [6.45, 7) is 0.792. The van der Waals surface area contributed by atoms with E-state index in [4.69, 9.17) is 32.7 Å². The zero-order chi connectivity index (χ0) is 19.3. The number of anilines is 1. The van der Waals surface area contributed by atoms with Gasteiger partial charge in [0, 0.05) is 16.8 Å². The van der Waals surface area contributed by atoms with Gasteiger partial charge in [0.15, 0.2) is 24.3 Å². The number of carbonyl (C=O) groups is 2. The lowest BCUT2D eigenvalue weighted by Gasteiger charge is -2.15. The van der Waals surface area contributed by atoms with E-state index in [1.165, 1.54) is 31.2 Å². The molecular weight excluding hydrogens is 391 g/mol. The van der Waals surface area contributed by atoms with Crippen LogP contribution in [0.5, 0.6) is 5.75 Å². The van der Waals surface area contributed by atoms with Gasteiger partial charge in [-0.15, -0.1) is 0 Å². The molecule has 0 saturated heterocycles. The summed E-state index contributed by atoms with van der Waals surface area (Å²) in [5.41, 5.74) is 0.0298. The van der Waals surface area contributed by atoms with Crippen molar-refractivity contribution in [3.63, 3.8) is 0 Å². The summed E-state index contributed by atoms with van der Waals surface area (Å²) in [6.07, 6.45) is -1.04. The highest BCUT2D eigenvalue weighted by molar-refractivity contribution is 6.35. The summed E-state index contributed by atoms with van der Waals surface area (Å²) < 4.78 is 36.1. The molecule has 0 spiro atoms. The lowest BCUT2D eigenvalue weighted by atomic mass is 10.3. The van der Waals surface area contributed by atoms with Crippen LogP contribution in [0.4, 0.5) is 14.5 Å². The zero-order valence-electron chi connectivity index (χ0n) is 13.4. The van der Waals surface area contributed by atoms with E-state index in [1.54, 1.807) is 0 Å². The van der Waals surface area contributed by atoms with Crippen LogP contribution in [0.1, 0.15) is 6.92 Å². The molecule has 0 aromatic heterocycles. The molecule has 0 saturated carbocycles. The van der Waals surface area contributed by atoms with E-state index in [0.717, 1.165) is 12.1 Å². The van der Waals surface area contributed by atoms with Crippen molar-refractivity contribution < 1.29 is 27.8 Å². The molecule has 138 valence electrons. The summed E-state index contributed by atoms with van der Waals surface area (Å²) in [5.74, 6) is -3.45. The minimum atomic E-state index is -1.11. The number of benzene rings is 2. The highest BCUT2D eigenvalue weighted by Crippen LogP contribution is 2.28. The summed E-state index contributed by atoms with van der Waals surface area (Å²) in [7, 11) is 0. The van der Waals surface area contributed by atoms with Gasteiger partial charge in [-0.3, -0.25) is 4.79 Å². The van der Waals surface area contributed by atoms with Gasteiger partial charge in [-0.05, 0) is 37.3 Å². The molecule has 1 atom stereocenters. The largest absolute Gasteiger partial charge is 0.477 e. The Labute approximate surface area is 157 Å². The van der Waals surface area contributed by atoms with E-state index >= 15 is 0 Å². The molecule has 1 amide bonds. The molecule has 0 radical (unpaired) electrons. The smallest absolute Gasteiger partial charge is 0.347 e. The van der Waals surface area contributed by atoms with Crippen molar-refractivity contribution in [2.24, 2.45) is 0 Å². The first-order valence-electron chi connectivity index (χ1n) is 7.29. The van der Waals surface area contributed by atoms with Crippen LogP contribution in [0.2, 0.25) is 10.0 Å². The van der Waals surface area contributed by atoms with Crippen LogP contribution < -0.4 is 10.1 Å². The zero-order valence-corrected chi connectivity index (χ0v) is 14.9. The Morgan fingerprint density at radius 3 is 2.50 bits per heavy atom. The van der Waals surface area contributed by atoms with Crippen LogP contribution >= 0.6 is 23.2 Å². The number of carbonyl (C=O) groups excluding carboxylic acids is 2. The van der Waals surface area contributed by atoms with Crippen molar-refractivity contribution in [3.8, 4) is 5.75 Å². The first kappa shape index (κ1) is 19.9. The maximum Gasteiger partial charge on any atom is 0.347 e. The number of rotatable bonds is 6. The molecule has 2 aromatic carbocycles. The molecule has 0 aliphatic heterocycles. The van der Waals surface area contributed by atoms with Gasteiger partial charge in [0.05, 0.1) is 5.02 Å². The first-order chi connectivity index (χ1) is 12.3. The molecule has 1 N–H and O–H groups in total. The highest BCUT2D eigenvalue weighted by atomic mass is 35.5. The molecule has 2 aromatic rings. The van der Waals surface area contributed by atoms with Crippen LogP contribution in [0.3, 0.4) is 0 Å². The topological polar surface area (TPSA) is 64.6 Å². The number of hydrogen-bond acceptors (Lipinski definition) is 4. The van der Waals surface area contributed by atoms with Crippen LogP contribution in [-0.4, -0.2) is 24.6 Å². The van der Waals surface area contributed by atoms with Gasteiger partial charge in [0.2, 0.25) is 0 Å². The third-order valence-corrected chi connectivity index (χ3v) is 3.61. The summed E-state index contributed by atoms with van der Waals surface area (Å²) in [4.78, 5) is 23.6. The molecule has 2 rings (SSSR count). The predicted molar refractivity (Wildman–Crippen MR) is 92.5 cm³/mol. The second-order valence-corrected chi connectivity index (χ2v) is 5.96. The number of nitrogens with one attached hydrogen (secondary N) is 1. The lowest BCUT2D eigenvalue weighted by molar-refractivity contribution is -0.153. The van der Waals surface area contributed by atoms with Gasteiger partial charge in [0.25, 0.3) is 5.91 Å². The van der Waals surface area contributed by atoms with Crippen LogP contribution in [0.25, 0.3) is 0 Å². The van der Waals surface area contributed by atoms with Crippen molar-refractivity contribution in [1.29, 1.82) is 0 Å². The molecular formula is C17H13Cl2F2NO4. The SMILES string of the molecule is C[C@@H](Oc1ccc(Cl)cc1Cl)C(=O)OCC(=O)Nc1ccc(F)c(F)c1. The number of esters is 1. The Hall–Kier alpha value is -2.38. The number of ether oxygens (including phenoxy) is 2. The molecule has 5 nitrogen and oxygen atoms in total. The molecule has 0 heterocycles. The van der Waals surface area contributed by atoms with Crippen LogP contribution in [0, 0.1) is 11.6 Å². The minimum absolute atomic E-state index is 0.0298. The summed E-state index contributed by atoms with van der Waals surface area (Å²) in [5, 5.41) is 2.89. The van der Waals surface area contributed by atoms with Crippen molar-refractivity contribution in [2.75, 3.05) is 11.9 Å². The maximum atomic E-state index is 13.1. The fourth-order valence-corrected chi connectivity index (χ4v) is 2.29. The van der Waals surface area contributed by atoms with E-state index in [1.807, 2.05) is 0 Å². The molecule has 26 heavy (non-hydrogen) atoms. The molecule has 9 heteroatoms. The Kier molecular flexibility index (Phi) is 6.76. The molecule has 0 bridgehead atoms. The van der Waals surface area contributed by atoms with E-state index in [0.29, 0.717) is 5.02 Å². The van der Waals surface area contributed by atoms with Crippen molar-refractivity contribution in [1.82, 2.24) is 0 Å². The molecule has 0 unspecified atom stereocenters. The number of hydrogen-bond donors (Lipinski definition) is 1. The van der Waals surface area contributed by atoms with E-state index in [-0.39, 0.29) is 16.5 Å². The van der Waals surface area contributed by atoms with Crippen LogP contribution in [0.15, 0.2) is 36.4 Å². The highest BCUT2D eigenvalue weighted by Gasteiger charge is 2.19.